The molecule has 0 saturated heterocycles. The van der Waals surface area contributed by atoms with Crippen LogP contribution in [0.1, 0.15) is 24.1 Å². The molecule has 2 aromatic rings. The molecule has 0 spiro atoms. The zero-order valence-corrected chi connectivity index (χ0v) is 13.7. The molecule has 0 amide bonds. The van der Waals surface area contributed by atoms with Crippen molar-refractivity contribution < 1.29 is 13.2 Å². The number of benzene rings is 1. The fraction of sp³-hybridized carbons (Fsp3) is 0.222. The zero-order chi connectivity index (χ0) is 17.2. The van der Waals surface area contributed by atoms with Gasteiger partial charge in [-0.3, -0.25) is 4.98 Å². The van der Waals surface area contributed by atoms with Crippen molar-refractivity contribution in [3.8, 4) is 0 Å². The number of nitrogens with zero attached hydrogens (tertiary/aromatic N) is 2. The monoisotopic (exact) mass is 348 g/mol. The molecule has 0 N–H and O–H groups in total. The van der Waals surface area contributed by atoms with E-state index in [1.165, 1.54) is 6.07 Å². The van der Waals surface area contributed by atoms with E-state index >= 15 is 0 Å². The highest BCUT2D eigenvalue weighted by atomic mass is 32.2. The first kappa shape index (κ1) is 16.8. The molecule has 1 atom stereocenters. The van der Waals surface area contributed by atoms with Crippen LogP contribution >= 0.6 is 11.8 Å². The average molecular weight is 348 g/mol. The number of aromatic nitrogens is 2. The molecule has 124 valence electrons. The SMILES string of the molecule is CCSC1=CC=CC=CC1c1cnc2cc(C(F)(F)F)ccc2n1. The van der Waals surface area contributed by atoms with E-state index in [0.29, 0.717) is 5.52 Å². The summed E-state index contributed by atoms with van der Waals surface area (Å²) >= 11 is 1.72. The largest absolute Gasteiger partial charge is 0.416 e. The molecule has 1 aromatic heterocycles. The number of thioether (sulfide) groups is 1. The molecule has 2 nitrogen and oxygen atoms in total. The number of fused-ring (bicyclic) bond motifs is 1. The van der Waals surface area contributed by atoms with Gasteiger partial charge in [0.2, 0.25) is 0 Å². The third-order valence-corrected chi connectivity index (χ3v) is 4.62. The van der Waals surface area contributed by atoms with Crippen molar-refractivity contribution in [2.24, 2.45) is 0 Å². The number of rotatable bonds is 3. The second kappa shape index (κ2) is 6.81. The maximum absolute atomic E-state index is 12.8. The Balaban J connectivity index is 2.01. The van der Waals surface area contributed by atoms with E-state index in [-0.39, 0.29) is 11.4 Å². The van der Waals surface area contributed by atoms with Gasteiger partial charge in [-0.15, -0.1) is 11.8 Å². The molecule has 1 heterocycles. The number of allylic oxidation sites excluding steroid dienone is 6. The summed E-state index contributed by atoms with van der Waals surface area (Å²) in [5, 5.41) is 0. The van der Waals surface area contributed by atoms with Gasteiger partial charge in [-0.1, -0.05) is 37.3 Å². The minimum Gasteiger partial charge on any atom is -0.253 e. The molecule has 6 heteroatoms. The van der Waals surface area contributed by atoms with Crippen molar-refractivity contribution in [2.45, 2.75) is 19.0 Å². The summed E-state index contributed by atoms with van der Waals surface area (Å²) in [6.07, 6.45) is 7.11. The molecule has 0 aliphatic heterocycles. The van der Waals surface area contributed by atoms with Crippen LogP contribution in [-0.4, -0.2) is 15.7 Å². The van der Waals surface area contributed by atoms with Crippen molar-refractivity contribution in [1.82, 2.24) is 9.97 Å². The Labute approximate surface area is 142 Å². The molecule has 3 rings (SSSR count). The molecule has 0 fully saturated rings. The van der Waals surface area contributed by atoms with Crippen molar-refractivity contribution in [1.29, 1.82) is 0 Å². The Morgan fingerprint density at radius 1 is 1.12 bits per heavy atom. The molecule has 0 bridgehead atoms. The average Bonchev–Trinajstić information content (AvgIpc) is 2.79. The van der Waals surface area contributed by atoms with Crippen LogP contribution < -0.4 is 0 Å². The quantitative estimate of drug-likeness (QED) is 0.733. The van der Waals surface area contributed by atoms with Gasteiger partial charge in [-0.2, -0.15) is 13.2 Å². The maximum Gasteiger partial charge on any atom is 0.416 e. The second-order valence-electron chi connectivity index (χ2n) is 5.25. The lowest BCUT2D eigenvalue weighted by atomic mass is 10.0. The van der Waals surface area contributed by atoms with Gasteiger partial charge < -0.3 is 0 Å². The maximum atomic E-state index is 12.8. The van der Waals surface area contributed by atoms with Gasteiger partial charge in [0.25, 0.3) is 0 Å². The van der Waals surface area contributed by atoms with Gasteiger partial charge in [-0.05, 0) is 28.9 Å². The van der Waals surface area contributed by atoms with Crippen molar-refractivity contribution >= 4 is 22.8 Å². The molecule has 1 aliphatic carbocycles. The van der Waals surface area contributed by atoms with E-state index in [1.807, 2.05) is 30.4 Å². The first-order valence-corrected chi connectivity index (χ1v) is 8.49. The van der Waals surface area contributed by atoms with Gasteiger partial charge in [0.05, 0.1) is 34.4 Å². The minimum absolute atomic E-state index is 0.0378. The fourth-order valence-corrected chi connectivity index (χ4v) is 3.38. The van der Waals surface area contributed by atoms with E-state index in [4.69, 9.17) is 0 Å². The summed E-state index contributed by atoms with van der Waals surface area (Å²) in [5.74, 6) is 0.893. The van der Waals surface area contributed by atoms with E-state index in [0.717, 1.165) is 28.5 Å². The Bertz CT molecular complexity index is 838. The normalized spacial score (nSPS) is 17.8. The molecular weight excluding hydrogens is 333 g/mol. The standard InChI is InChI=1S/C18H15F3N2S/c1-2-24-17-7-5-3-4-6-13(17)16-11-22-15-10-12(18(19,20)21)8-9-14(15)23-16/h3-11,13H,2H2,1H3. The van der Waals surface area contributed by atoms with Crippen LogP contribution in [-0.2, 0) is 6.18 Å². The summed E-state index contributed by atoms with van der Waals surface area (Å²) in [6.45, 7) is 2.08. The first-order valence-electron chi connectivity index (χ1n) is 7.51. The Morgan fingerprint density at radius 3 is 2.71 bits per heavy atom. The highest BCUT2D eigenvalue weighted by molar-refractivity contribution is 8.03. The number of hydrogen-bond acceptors (Lipinski definition) is 3. The lowest BCUT2D eigenvalue weighted by Gasteiger charge is -2.15. The number of hydrogen-bond donors (Lipinski definition) is 0. The Morgan fingerprint density at radius 2 is 1.96 bits per heavy atom. The van der Waals surface area contributed by atoms with E-state index in [9.17, 15) is 13.2 Å². The predicted octanol–water partition coefficient (Wildman–Crippen LogP) is 5.50. The smallest absolute Gasteiger partial charge is 0.253 e. The molecule has 1 unspecified atom stereocenters. The molecule has 24 heavy (non-hydrogen) atoms. The van der Waals surface area contributed by atoms with Gasteiger partial charge in [-0.25, -0.2) is 4.98 Å². The van der Waals surface area contributed by atoms with E-state index in [2.05, 4.69) is 16.9 Å². The summed E-state index contributed by atoms with van der Waals surface area (Å²) in [6, 6.07) is 3.46. The molecule has 0 saturated carbocycles. The van der Waals surface area contributed by atoms with Crippen LogP contribution in [0.5, 0.6) is 0 Å². The molecule has 1 aromatic carbocycles. The van der Waals surface area contributed by atoms with Crippen molar-refractivity contribution in [3.05, 3.63) is 70.9 Å². The fourth-order valence-electron chi connectivity index (χ4n) is 2.49. The predicted molar refractivity (Wildman–Crippen MR) is 91.8 cm³/mol. The van der Waals surface area contributed by atoms with Crippen LogP contribution in [0.15, 0.2) is 59.7 Å². The van der Waals surface area contributed by atoms with Crippen molar-refractivity contribution in [3.63, 3.8) is 0 Å². The Kier molecular flexibility index (Phi) is 4.76. The van der Waals surface area contributed by atoms with Crippen LogP contribution in [0.25, 0.3) is 11.0 Å². The highest BCUT2D eigenvalue weighted by Gasteiger charge is 2.30. The molecule has 0 radical (unpaired) electrons. The summed E-state index contributed by atoms with van der Waals surface area (Å²) in [7, 11) is 0. The van der Waals surface area contributed by atoms with Gasteiger partial charge in [0.1, 0.15) is 0 Å². The van der Waals surface area contributed by atoms with E-state index < -0.39 is 11.7 Å². The zero-order valence-electron chi connectivity index (χ0n) is 12.9. The lowest BCUT2D eigenvalue weighted by molar-refractivity contribution is -0.137. The topological polar surface area (TPSA) is 25.8 Å². The molecule has 1 aliphatic rings. The van der Waals surface area contributed by atoms with Crippen LogP contribution in [0, 0.1) is 0 Å². The van der Waals surface area contributed by atoms with Gasteiger partial charge in [0, 0.05) is 0 Å². The summed E-state index contributed by atoms with van der Waals surface area (Å²) in [5.41, 5.74) is 0.733. The van der Waals surface area contributed by atoms with Gasteiger partial charge >= 0.3 is 6.18 Å². The van der Waals surface area contributed by atoms with Gasteiger partial charge in [0.15, 0.2) is 0 Å². The first-order chi connectivity index (χ1) is 11.5. The second-order valence-corrected chi connectivity index (χ2v) is 6.58. The van der Waals surface area contributed by atoms with Crippen LogP contribution in [0.3, 0.4) is 0 Å². The number of alkyl halides is 3. The van der Waals surface area contributed by atoms with Crippen LogP contribution in [0.4, 0.5) is 13.2 Å². The van der Waals surface area contributed by atoms with E-state index in [1.54, 1.807) is 18.0 Å². The highest BCUT2D eigenvalue weighted by Crippen LogP contribution is 2.35. The third-order valence-electron chi connectivity index (χ3n) is 3.61. The third kappa shape index (κ3) is 3.53. The Hall–Kier alpha value is -2.08. The summed E-state index contributed by atoms with van der Waals surface area (Å²) < 4.78 is 38.4. The van der Waals surface area contributed by atoms with Crippen LogP contribution in [0.2, 0.25) is 0 Å². The number of halogens is 3. The summed E-state index contributed by atoms with van der Waals surface area (Å²) in [4.78, 5) is 9.88. The minimum atomic E-state index is -4.38. The van der Waals surface area contributed by atoms with Crippen molar-refractivity contribution in [2.75, 3.05) is 5.75 Å². The molecular formula is C18H15F3N2S. The lowest BCUT2D eigenvalue weighted by Crippen LogP contribution is -2.06.